The molecule has 1 aromatic carbocycles. The maximum absolute atomic E-state index is 12.1. The second-order valence-electron chi connectivity index (χ2n) is 5.73. The maximum Gasteiger partial charge on any atom is 0.255 e. The molecule has 0 aliphatic rings. The first kappa shape index (κ1) is 21.0. The number of carbonyl (C=O) groups excluding carboxylic acids is 3. The summed E-state index contributed by atoms with van der Waals surface area (Å²) >= 11 is 9.35. The van der Waals surface area contributed by atoms with Crippen molar-refractivity contribution in [2.75, 3.05) is 11.9 Å². The largest absolute Gasteiger partial charge is 0.492 e. The fourth-order valence-electron chi connectivity index (χ4n) is 2.49. The van der Waals surface area contributed by atoms with Crippen molar-refractivity contribution in [1.29, 1.82) is 0 Å². The van der Waals surface area contributed by atoms with Gasteiger partial charge in [0.25, 0.3) is 5.91 Å². The number of ether oxygens (including phenoxy) is 1. The molecule has 0 fully saturated rings. The van der Waals surface area contributed by atoms with Gasteiger partial charge in [0, 0.05) is 10.9 Å². The number of rotatable bonds is 8. The molecule has 0 bridgehead atoms. The molecule has 144 valence electrons. The SMILES string of the molecule is CC(=O)c1c(C)oc(NC(=O)CCCOc2ccc(Br)cc2Cl)c1C(N)=O. The Morgan fingerprint density at radius 3 is 2.59 bits per heavy atom. The van der Waals surface area contributed by atoms with E-state index in [9.17, 15) is 14.4 Å². The van der Waals surface area contributed by atoms with Crippen molar-refractivity contribution in [1.82, 2.24) is 0 Å². The van der Waals surface area contributed by atoms with Crippen LogP contribution in [0.15, 0.2) is 27.1 Å². The second kappa shape index (κ2) is 9.05. The van der Waals surface area contributed by atoms with Crippen LogP contribution < -0.4 is 15.8 Å². The molecule has 0 saturated heterocycles. The van der Waals surface area contributed by atoms with Crippen molar-refractivity contribution in [2.45, 2.75) is 26.7 Å². The molecule has 7 nitrogen and oxygen atoms in total. The summed E-state index contributed by atoms with van der Waals surface area (Å²) in [7, 11) is 0. The van der Waals surface area contributed by atoms with Crippen molar-refractivity contribution >= 4 is 51.0 Å². The second-order valence-corrected chi connectivity index (χ2v) is 7.06. The Hall–Kier alpha value is -2.32. The highest BCUT2D eigenvalue weighted by Crippen LogP contribution is 2.29. The summed E-state index contributed by atoms with van der Waals surface area (Å²) < 4.78 is 11.7. The van der Waals surface area contributed by atoms with Crippen LogP contribution in [-0.2, 0) is 4.79 Å². The molecule has 0 atom stereocenters. The number of nitrogens with two attached hydrogens (primary N) is 1. The van der Waals surface area contributed by atoms with Gasteiger partial charge in [-0.15, -0.1) is 0 Å². The smallest absolute Gasteiger partial charge is 0.255 e. The van der Waals surface area contributed by atoms with Crippen LogP contribution in [0.4, 0.5) is 5.88 Å². The van der Waals surface area contributed by atoms with Crippen LogP contribution in [0.5, 0.6) is 5.75 Å². The molecule has 9 heteroatoms. The zero-order valence-electron chi connectivity index (χ0n) is 14.7. The minimum Gasteiger partial charge on any atom is -0.492 e. The summed E-state index contributed by atoms with van der Waals surface area (Å²) in [5, 5.41) is 2.94. The van der Waals surface area contributed by atoms with E-state index >= 15 is 0 Å². The molecular formula is C18H18BrClN2O5. The van der Waals surface area contributed by atoms with Gasteiger partial charge in [0.05, 0.1) is 17.2 Å². The molecule has 2 amide bonds. The predicted molar refractivity (Wildman–Crippen MR) is 104 cm³/mol. The van der Waals surface area contributed by atoms with E-state index in [2.05, 4.69) is 21.2 Å². The fraction of sp³-hybridized carbons (Fsp3) is 0.278. The highest BCUT2D eigenvalue weighted by atomic mass is 79.9. The Kier molecular flexibility index (Phi) is 7.04. The van der Waals surface area contributed by atoms with Gasteiger partial charge in [-0.2, -0.15) is 0 Å². The van der Waals surface area contributed by atoms with E-state index in [-0.39, 0.29) is 41.6 Å². The normalized spacial score (nSPS) is 10.5. The summed E-state index contributed by atoms with van der Waals surface area (Å²) in [6, 6.07) is 5.23. The van der Waals surface area contributed by atoms with Crippen LogP contribution in [0, 0.1) is 6.92 Å². The first-order valence-electron chi connectivity index (χ1n) is 8.02. The molecule has 0 unspecified atom stereocenters. The number of hydrogen-bond acceptors (Lipinski definition) is 5. The molecular weight excluding hydrogens is 440 g/mol. The van der Waals surface area contributed by atoms with E-state index in [0.717, 1.165) is 4.47 Å². The van der Waals surface area contributed by atoms with Gasteiger partial charge in [0.1, 0.15) is 17.1 Å². The van der Waals surface area contributed by atoms with Crippen molar-refractivity contribution < 1.29 is 23.5 Å². The average Bonchev–Trinajstić information content (AvgIpc) is 2.89. The molecule has 0 aliphatic heterocycles. The number of furan rings is 1. The van der Waals surface area contributed by atoms with E-state index in [4.69, 9.17) is 26.5 Å². The quantitative estimate of drug-likeness (QED) is 0.458. The van der Waals surface area contributed by atoms with Crippen LogP contribution in [0.2, 0.25) is 5.02 Å². The van der Waals surface area contributed by atoms with Gasteiger partial charge in [-0.25, -0.2) is 0 Å². The number of halogens is 2. The van der Waals surface area contributed by atoms with Crippen LogP contribution in [-0.4, -0.2) is 24.2 Å². The van der Waals surface area contributed by atoms with Crippen LogP contribution in [0.25, 0.3) is 0 Å². The molecule has 3 N–H and O–H groups in total. The third-order valence-corrected chi connectivity index (χ3v) is 4.42. The molecule has 27 heavy (non-hydrogen) atoms. The van der Waals surface area contributed by atoms with E-state index in [1.807, 2.05) is 0 Å². The average molecular weight is 458 g/mol. The first-order chi connectivity index (χ1) is 12.7. The van der Waals surface area contributed by atoms with E-state index < -0.39 is 11.8 Å². The van der Waals surface area contributed by atoms with Crippen molar-refractivity contribution in [3.63, 3.8) is 0 Å². The molecule has 1 heterocycles. The van der Waals surface area contributed by atoms with Gasteiger partial charge < -0.3 is 14.9 Å². The van der Waals surface area contributed by atoms with Crippen molar-refractivity contribution in [2.24, 2.45) is 5.73 Å². The Balaban J connectivity index is 1.93. The fourth-order valence-corrected chi connectivity index (χ4v) is 3.22. The Morgan fingerprint density at radius 2 is 2.00 bits per heavy atom. The lowest BCUT2D eigenvalue weighted by molar-refractivity contribution is -0.116. The Morgan fingerprint density at radius 1 is 1.30 bits per heavy atom. The van der Waals surface area contributed by atoms with Gasteiger partial charge in [-0.1, -0.05) is 27.5 Å². The molecule has 1 aromatic heterocycles. The van der Waals surface area contributed by atoms with Gasteiger partial charge in [0.2, 0.25) is 11.8 Å². The topological polar surface area (TPSA) is 112 Å². The van der Waals surface area contributed by atoms with E-state index in [1.165, 1.54) is 13.8 Å². The number of carbonyl (C=O) groups is 3. The zero-order chi connectivity index (χ0) is 20.1. The van der Waals surface area contributed by atoms with Gasteiger partial charge in [-0.05, 0) is 38.5 Å². The predicted octanol–water partition coefficient (Wildman–Crippen LogP) is 4.10. The van der Waals surface area contributed by atoms with E-state index in [0.29, 0.717) is 17.2 Å². The van der Waals surface area contributed by atoms with Crippen LogP contribution >= 0.6 is 27.5 Å². The monoisotopic (exact) mass is 456 g/mol. The molecule has 0 spiro atoms. The number of nitrogens with one attached hydrogen (secondary N) is 1. The van der Waals surface area contributed by atoms with Crippen LogP contribution in [0.1, 0.15) is 46.2 Å². The number of ketones is 1. The number of Topliss-reactive ketones (excluding diaryl/α,β-unsaturated/α-hetero) is 1. The molecule has 0 aliphatic carbocycles. The van der Waals surface area contributed by atoms with Gasteiger partial charge >= 0.3 is 0 Å². The summed E-state index contributed by atoms with van der Waals surface area (Å²) in [6.07, 6.45) is 0.519. The minimum atomic E-state index is -0.847. The van der Waals surface area contributed by atoms with Gasteiger partial charge in [0.15, 0.2) is 5.78 Å². The number of anilines is 1. The Bertz CT molecular complexity index is 894. The van der Waals surface area contributed by atoms with Gasteiger partial charge in [-0.3, -0.25) is 19.7 Å². The zero-order valence-corrected chi connectivity index (χ0v) is 17.1. The lowest BCUT2D eigenvalue weighted by Crippen LogP contribution is -2.19. The van der Waals surface area contributed by atoms with Crippen molar-refractivity contribution in [3.8, 4) is 5.75 Å². The number of benzene rings is 1. The number of amides is 2. The molecule has 2 rings (SSSR count). The lowest BCUT2D eigenvalue weighted by atomic mass is 10.1. The first-order valence-corrected chi connectivity index (χ1v) is 9.19. The third-order valence-electron chi connectivity index (χ3n) is 3.64. The summed E-state index contributed by atoms with van der Waals surface area (Å²) in [5.74, 6) is -0.992. The summed E-state index contributed by atoms with van der Waals surface area (Å²) in [6.45, 7) is 3.09. The number of primary amides is 1. The highest BCUT2D eigenvalue weighted by Gasteiger charge is 2.26. The standard InChI is InChI=1S/C18H18BrClN2O5/c1-9(23)15-10(2)27-18(16(15)17(21)25)22-14(24)4-3-7-26-13-6-5-11(19)8-12(13)20/h5-6,8H,3-4,7H2,1-2H3,(H2,21,25)(H,22,24). The third kappa shape index (κ3) is 5.33. The Labute approximate surface area is 169 Å². The minimum absolute atomic E-state index is 0.0750. The highest BCUT2D eigenvalue weighted by molar-refractivity contribution is 9.10. The maximum atomic E-state index is 12.1. The molecule has 2 aromatic rings. The lowest BCUT2D eigenvalue weighted by Gasteiger charge is -2.08. The summed E-state index contributed by atoms with van der Waals surface area (Å²) in [5.41, 5.74) is 5.27. The number of hydrogen-bond donors (Lipinski definition) is 2. The summed E-state index contributed by atoms with van der Waals surface area (Å²) in [4.78, 5) is 35.4. The molecule has 0 radical (unpaired) electrons. The van der Waals surface area contributed by atoms with Crippen LogP contribution in [0.3, 0.4) is 0 Å². The molecule has 0 saturated carbocycles. The van der Waals surface area contributed by atoms with E-state index in [1.54, 1.807) is 18.2 Å². The number of aryl methyl sites for hydroxylation is 1. The van der Waals surface area contributed by atoms with Crippen molar-refractivity contribution in [3.05, 3.63) is 44.6 Å².